The van der Waals surface area contributed by atoms with Crippen LogP contribution < -0.4 is 5.32 Å². The van der Waals surface area contributed by atoms with Gasteiger partial charge in [0.2, 0.25) is 0 Å². The summed E-state index contributed by atoms with van der Waals surface area (Å²) in [7, 11) is -3.57. The molecule has 158 valence electrons. The Morgan fingerprint density at radius 2 is 1.74 bits per heavy atom. The van der Waals surface area contributed by atoms with Crippen LogP contribution in [-0.4, -0.2) is 19.6 Å². The zero-order valence-corrected chi connectivity index (χ0v) is 16.9. The van der Waals surface area contributed by atoms with Gasteiger partial charge in [-0.05, 0) is 47.5 Å². The number of nitro benzene ring substituents is 1. The minimum absolute atomic E-state index is 0.00582. The summed E-state index contributed by atoms with van der Waals surface area (Å²) in [5, 5.41) is 23.4. The second-order valence-electron chi connectivity index (χ2n) is 6.70. The van der Waals surface area contributed by atoms with Crippen LogP contribution in [0.5, 0.6) is 0 Å². The van der Waals surface area contributed by atoms with Crippen molar-refractivity contribution in [2.75, 3.05) is 11.6 Å². The van der Waals surface area contributed by atoms with Crippen LogP contribution in [0.3, 0.4) is 0 Å². The molecule has 0 aliphatic carbocycles. The molecule has 0 radical (unpaired) electrons. The van der Waals surface area contributed by atoms with Gasteiger partial charge >= 0.3 is 0 Å². The lowest BCUT2D eigenvalue weighted by Gasteiger charge is -2.22. The molecule has 10 heteroatoms. The van der Waals surface area contributed by atoms with E-state index in [0.717, 1.165) is 24.5 Å². The number of nitro groups is 1. The molecule has 0 bridgehead atoms. The molecule has 3 rings (SSSR count). The van der Waals surface area contributed by atoms with Crippen molar-refractivity contribution in [2.24, 2.45) is 0 Å². The standard InChI is InChI=1S/C21H15F2N3O4S/c1-31(29,30)16-4-2-3-14(10-16)21(15-6-7-17(22)18(23)11-15)25-19-8-5-13(12-24)9-20(19)26(27)28/h2-11,21,25H,1H3. The number of anilines is 1. The average molecular weight is 443 g/mol. The number of nitrogens with zero attached hydrogens (tertiary/aromatic N) is 2. The van der Waals surface area contributed by atoms with Gasteiger partial charge in [-0.3, -0.25) is 10.1 Å². The molecule has 1 N–H and O–H groups in total. The Balaban J connectivity index is 2.18. The molecule has 0 fully saturated rings. The van der Waals surface area contributed by atoms with Crippen molar-refractivity contribution in [3.8, 4) is 6.07 Å². The SMILES string of the molecule is CS(=O)(=O)c1cccc(C(Nc2ccc(C#N)cc2[N+](=O)[O-])c2ccc(F)c(F)c2)c1. The smallest absolute Gasteiger partial charge is 0.293 e. The highest BCUT2D eigenvalue weighted by molar-refractivity contribution is 7.90. The lowest BCUT2D eigenvalue weighted by Crippen LogP contribution is -2.15. The summed E-state index contributed by atoms with van der Waals surface area (Å²) in [6.07, 6.45) is 1.03. The number of nitriles is 1. The van der Waals surface area contributed by atoms with Gasteiger partial charge in [0.25, 0.3) is 5.69 Å². The van der Waals surface area contributed by atoms with Crippen LogP contribution in [0.25, 0.3) is 0 Å². The lowest BCUT2D eigenvalue weighted by atomic mass is 9.97. The van der Waals surface area contributed by atoms with E-state index in [-0.39, 0.29) is 21.7 Å². The molecular weight excluding hydrogens is 428 g/mol. The van der Waals surface area contributed by atoms with Crippen LogP contribution in [0.15, 0.2) is 65.6 Å². The van der Waals surface area contributed by atoms with Crippen LogP contribution in [0.1, 0.15) is 22.7 Å². The fraction of sp³-hybridized carbons (Fsp3) is 0.0952. The minimum Gasteiger partial charge on any atom is -0.369 e. The van der Waals surface area contributed by atoms with Gasteiger partial charge < -0.3 is 5.32 Å². The van der Waals surface area contributed by atoms with Crippen LogP contribution in [0, 0.1) is 33.1 Å². The molecule has 0 aliphatic rings. The Kier molecular flexibility index (Phi) is 5.99. The minimum atomic E-state index is -3.57. The Bertz CT molecular complexity index is 1320. The summed E-state index contributed by atoms with van der Waals surface area (Å²) < 4.78 is 51.3. The molecule has 1 atom stereocenters. The number of hydrogen-bond donors (Lipinski definition) is 1. The number of nitrogens with one attached hydrogen (secondary N) is 1. The summed E-state index contributed by atoms with van der Waals surface area (Å²) in [5.74, 6) is -2.20. The molecular formula is C21H15F2N3O4S. The predicted octanol–water partition coefficient (Wildman–Crippen LogP) is 4.35. The van der Waals surface area contributed by atoms with E-state index >= 15 is 0 Å². The number of hydrogen-bond acceptors (Lipinski definition) is 6. The summed E-state index contributed by atoms with van der Waals surface area (Å²) in [5.41, 5.74) is 0.255. The molecule has 0 saturated heterocycles. The summed E-state index contributed by atoms with van der Waals surface area (Å²) in [6, 6.07) is 13.5. The van der Waals surface area contributed by atoms with Gasteiger partial charge in [0.05, 0.1) is 27.5 Å². The van der Waals surface area contributed by atoms with Crippen LogP contribution in [0.4, 0.5) is 20.2 Å². The summed E-state index contributed by atoms with van der Waals surface area (Å²) in [4.78, 5) is 10.8. The fourth-order valence-corrected chi connectivity index (χ4v) is 3.68. The van der Waals surface area contributed by atoms with Gasteiger partial charge in [0.1, 0.15) is 5.69 Å². The maximum absolute atomic E-state index is 13.9. The summed E-state index contributed by atoms with van der Waals surface area (Å²) in [6.45, 7) is 0. The molecule has 0 aromatic heterocycles. The topological polar surface area (TPSA) is 113 Å². The molecule has 31 heavy (non-hydrogen) atoms. The van der Waals surface area contributed by atoms with E-state index in [1.807, 2.05) is 6.07 Å². The van der Waals surface area contributed by atoms with Crippen molar-refractivity contribution < 1.29 is 22.1 Å². The van der Waals surface area contributed by atoms with E-state index in [2.05, 4.69) is 5.32 Å². The normalized spacial score (nSPS) is 12.1. The van der Waals surface area contributed by atoms with Crippen LogP contribution >= 0.6 is 0 Å². The number of rotatable bonds is 6. The van der Waals surface area contributed by atoms with Crippen molar-refractivity contribution in [3.63, 3.8) is 0 Å². The van der Waals surface area contributed by atoms with Crippen molar-refractivity contribution in [1.82, 2.24) is 0 Å². The Labute approximate surface area is 176 Å². The molecule has 0 aliphatic heterocycles. The molecule has 0 amide bonds. The first-order valence-electron chi connectivity index (χ1n) is 8.80. The number of benzene rings is 3. The Morgan fingerprint density at radius 1 is 1.03 bits per heavy atom. The summed E-state index contributed by atoms with van der Waals surface area (Å²) >= 11 is 0. The van der Waals surface area contributed by atoms with E-state index in [1.54, 1.807) is 6.07 Å². The average Bonchev–Trinajstić information content (AvgIpc) is 2.73. The van der Waals surface area contributed by atoms with Crippen molar-refractivity contribution in [1.29, 1.82) is 5.26 Å². The van der Waals surface area contributed by atoms with Gasteiger partial charge in [0.15, 0.2) is 21.5 Å². The molecule has 3 aromatic rings. The van der Waals surface area contributed by atoms with Crippen molar-refractivity contribution >= 4 is 21.2 Å². The second kappa shape index (κ2) is 8.49. The van der Waals surface area contributed by atoms with Gasteiger partial charge in [0, 0.05) is 12.3 Å². The molecule has 3 aromatic carbocycles. The van der Waals surface area contributed by atoms with Gasteiger partial charge in [-0.2, -0.15) is 5.26 Å². The number of halogens is 2. The van der Waals surface area contributed by atoms with Gasteiger partial charge in [-0.25, -0.2) is 17.2 Å². The highest BCUT2D eigenvalue weighted by Gasteiger charge is 2.23. The van der Waals surface area contributed by atoms with E-state index in [9.17, 15) is 27.3 Å². The van der Waals surface area contributed by atoms with Gasteiger partial charge in [-0.1, -0.05) is 18.2 Å². The number of sulfone groups is 1. The van der Waals surface area contributed by atoms with E-state index in [1.165, 1.54) is 36.4 Å². The third-order valence-corrected chi connectivity index (χ3v) is 5.63. The maximum atomic E-state index is 13.9. The van der Waals surface area contributed by atoms with E-state index in [4.69, 9.17) is 5.26 Å². The first-order chi connectivity index (χ1) is 14.6. The van der Waals surface area contributed by atoms with E-state index < -0.39 is 38.1 Å². The first-order valence-corrected chi connectivity index (χ1v) is 10.7. The van der Waals surface area contributed by atoms with Crippen LogP contribution in [0.2, 0.25) is 0 Å². The highest BCUT2D eigenvalue weighted by Crippen LogP contribution is 2.33. The van der Waals surface area contributed by atoms with E-state index in [0.29, 0.717) is 5.56 Å². The molecule has 1 unspecified atom stereocenters. The fourth-order valence-electron chi connectivity index (χ4n) is 3.01. The molecule has 0 saturated carbocycles. The van der Waals surface area contributed by atoms with Crippen molar-refractivity contribution in [2.45, 2.75) is 10.9 Å². The Hall–Kier alpha value is -3.84. The Morgan fingerprint density at radius 3 is 2.35 bits per heavy atom. The highest BCUT2D eigenvalue weighted by atomic mass is 32.2. The third-order valence-electron chi connectivity index (χ3n) is 4.52. The first kappa shape index (κ1) is 21.9. The maximum Gasteiger partial charge on any atom is 0.293 e. The molecule has 0 spiro atoms. The largest absolute Gasteiger partial charge is 0.369 e. The van der Waals surface area contributed by atoms with Gasteiger partial charge in [-0.15, -0.1) is 0 Å². The zero-order chi connectivity index (χ0) is 22.8. The second-order valence-corrected chi connectivity index (χ2v) is 8.71. The van der Waals surface area contributed by atoms with Crippen LogP contribution in [-0.2, 0) is 9.84 Å². The third kappa shape index (κ3) is 4.84. The monoisotopic (exact) mass is 443 g/mol. The predicted molar refractivity (Wildman–Crippen MR) is 109 cm³/mol. The lowest BCUT2D eigenvalue weighted by molar-refractivity contribution is -0.384. The quantitative estimate of drug-likeness (QED) is 0.448. The molecule has 7 nitrogen and oxygen atoms in total. The zero-order valence-electron chi connectivity index (χ0n) is 16.0. The molecule has 0 heterocycles. The van der Waals surface area contributed by atoms with Crippen molar-refractivity contribution in [3.05, 3.63) is 99.1 Å².